The molecule has 1 heterocycles. The summed E-state index contributed by atoms with van der Waals surface area (Å²) in [7, 11) is 0. The van der Waals surface area contributed by atoms with Gasteiger partial charge in [0.1, 0.15) is 5.82 Å². The van der Waals surface area contributed by atoms with Crippen LogP contribution in [-0.4, -0.2) is 13.2 Å². The van der Waals surface area contributed by atoms with Gasteiger partial charge in [-0.25, -0.2) is 4.39 Å². The zero-order valence-electron chi connectivity index (χ0n) is 8.25. The third-order valence-corrected chi connectivity index (χ3v) is 3.09. The van der Waals surface area contributed by atoms with Gasteiger partial charge in [0.25, 0.3) is 0 Å². The lowest BCUT2D eigenvalue weighted by Crippen LogP contribution is -2.21. The van der Waals surface area contributed by atoms with Crippen LogP contribution >= 0.6 is 11.6 Å². The van der Waals surface area contributed by atoms with E-state index in [9.17, 15) is 4.39 Å². The highest BCUT2D eigenvalue weighted by atomic mass is 35.5. The van der Waals surface area contributed by atoms with Crippen molar-refractivity contribution >= 4 is 11.6 Å². The van der Waals surface area contributed by atoms with Crippen LogP contribution in [0.1, 0.15) is 18.0 Å². The monoisotopic (exact) mass is 229 g/mol. The van der Waals surface area contributed by atoms with Gasteiger partial charge in [0.2, 0.25) is 0 Å². The highest BCUT2D eigenvalue weighted by molar-refractivity contribution is 6.30. The third kappa shape index (κ3) is 2.30. The molecule has 2 rings (SSSR count). The van der Waals surface area contributed by atoms with Gasteiger partial charge in [0, 0.05) is 18.6 Å². The van der Waals surface area contributed by atoms with Crippen molar-refractivity contribution in [3.8, 4) is 0 Å². The summed E-state index contributed by atoms with van der Waals surface area (Å²) in [4.78, 5) is 0. The first kappa shape index (κ1) is 10.9. The molecule has 1 aliphatic rings. The van der Waals surface area contributed by atoms with Gasteiger partial charge in [0.15, 0.2) is 0 Å². The molecule has 1 saturated heterocycles. The van der Waals surface area contributed by atoms with E-state index in [1.165, 1.54) is 6.07 Å². The summed E-state index contributed by atoms with van der Waals surface area (Å²) in [6, 6.07) is 4.52. The molecule has 1 fully saturated rings. The molecule has 0 bridgehead atoms. The lowest BCUT2D eigenvalue weighted by atomic mass is 9.93. The number of ether oxygens (including phenoxy) is 1. The Labute approximate surface area is 93.2 Å². The number of nitrogens with two attached hydrogens (primary N) is 1. The summed E-state index contributed by atoms with van der Waals surface area (Å²) >= 11 is 5.70. The lowest BCUT2D eigenvalue weighted by molar-refractivity contribution is 0.181. The smallest absolute Gasteiger partial charge is 0.141 e. The highest BCUT2D eigenvalue weighted by Gasteiger charge is 2.24. The average molecular weight is 230 g/mol. The molecule has 1 aliphatic heterocycles. The molecule has 4 heteroatoms. The second-order valence-electron chi connectivity index (χ2n) is 3.82. The van der Waals surface area contributed by atoms with E-state index in [0.29, 0.717) is 12.5 Å². The van der Waals surface area contributed by atoms with Crippen molar-refractivity contribution in [2.45, 2.75) is 12.5 Å². The number of hydrogen-bond donors (Lipinski definition) is 1. The first-order valence-electron chi connectivity index (χ1n) is 4.97. The normalized spacial score (nSPS) is 23.0. The Balaban J connectivity index is 2.17. The van der Waals surface area contributed by atoms with Crippen molar-refractivity contribution in [2.24, 2.45) is 11.7 Å². The van der Waals surface area contributed by atoms with Crippen LogP contribution in [-0.2, 0) is 4.74 Å². The van der Waals surface area contributed by atoms with Crippen LogP contribution in [0, 0.1) is 11.7 Å². The second-order valence-corrected chi connectivity index (χ2v) is 4.23. The minimum Gasteiger partial charge on any atom is -0.381 e. The van der Waals surface area contributed by atoms with Crippen molar-refractivity contribution in [3.63, 3.8) is 0 Å². The lowest BCUT2D eigenvalue weighted by Gasteiger charge is -2.18. The number of benzene rings is 1. The topological polar surface area (TPSA) is 35.2 Å². The molecule has 2 atom stereocenters. The van der Waals surface area contributed by atoms with Gasteiger partial charge in [-0.15, -0.1) is 0 Å². The van der Waals surface area contributed by atoms with Gasteiger partial charge in [-0.3, -0.25) is 0 Å². The van der Waals surface area contributed by atoms with Gasteiger partial charge in [-0.2, -0.15) is 0 Å². The van der Waals surface area contributed by atoms with E-state index in [1.54, 1.807) is 12.1 Å². The van der Waals surface area contributed by atoms with E-state index < -0.39 is 5.82 Å². The fraction of sp³-hybridized carbons (Fsp3) is 0.455. The summed E-state index contributed by atoms with van der Waals surface area (Å²) in [5, 5.41) is 0.127. The van der Waals surface area contributed by atoms with E-state index in [0.717, 1.165) is 18.6 Å². The maximum atomic E-state index is 12.9. The Morgan fingerprint density at radius 1 is 1.53 bits per heavy atom. The molecule has 2 unspecified atom stereocenters. The molecule has 0 spiro atoms. The van der Waals surface area contributed by atoms with Crippen LogP contribution in [0.25, 0.3) is 0 Å². The summed E-state index contributed by atoms with van der Waals surface area (Å²) in [6.07, 6.45) is 0.955. The Bertz CT molecular complexity index is 352. The van der Waals surface area contributed by atoms with Crippen molar-refractivity contribution in [2.75, 3.05) is 13.2 Å². The molecule has 1 aromatic carbocycles. The molecule has 0 aliphatic carbocycles. The van der Waals surface area contributed by atoms with Crippen LogP contribution in [0.5, 0.6) is 0 Å². The van der Waals surface area contributed by atoms with E-state index in [2.05, 4.69) is 0 Å². The second kappa shape index (κ2) is 4.47. The van der Waals surface area contributed by atoms with Crippen LogP contribution < -0.4 is 5.73 Å². The van der Waals surface area contributed by atoms with Gasteiger partial charge in [-0.05, 0) is 24.1 Å². The van der Waals surface area contributed by atoms with Crippen molar-refractivity contribution in [3.05, 3.63) is 34.6 Å². The molecule has 2 N–H and O–H groups in total. The van der Waals surface area contributed by atoms with Gasteiger partial charge in [-0.1, -0.05) is 17.7 Å². The van der Waals surface area contributed by atoms with Gasteiger partial charge < -0.3 is 10.5 Å². The van der Waals surface area contributed by atoms with Crippen molar-refractivity contribution in [1.82, 2.24) is 0 Å². The van der Waals surface area contributed by atoms with E-state index in [4.69, 9.17) is 22.1 Å². The Morgan fingerprint density at radius 2 is 2.33 bits per heavy atom. The standard InChI is InChI=1S/C11H13ClFNO/c12-9-5-7(1-2-10(9)13)11(14)8-3-4-15-6-8/h1-2,5,8,11H,3-4,6,14H2. The van der Waals surface area contributed by atoms with E-state index >= 15 is 0 Å². The minimum absolute atomic E-state index is 0.120. The van der Waals surface area contributed by atoms with Crippen LogP contribution in [0.2, 0.25) is 5.02 Å². The summed E-state index contributed by atoms with van der Waals surface area (Å²) < 4.78 is 18.2. The number of hydrogen-bond acceptors (Lipinski definition) is 2. The highest BCUT2D eigenvalue weighted by Crippen LogP contribution is 2.28. The van der Waals surface area contributed by atoms with Crippen LogP contribution in [0.3, 0.4) is 0 Å². The maximum Gasteiger partial charge on any atom is 0.141 e. The van der Waals surface area contributed by atoms with Gasteiger partial charge in [0.05, 0.1) is 11.6 Å². The van der Waals surface area contributed by atoms with Crippen molar-refractivity contribution < 1.29 is 9.13 Å². The fourth-order valence-corrected chi connectivity index (χ4v) is 2.02. The van der Waals surface area contributed by atoms with Crippen LogP contribution in [0.4, 0.5) is 4.39 Å². The van der Waals surface area contributed by atoms with Crippen molar-refractivity contribution in [1.29, 1.82) is 0 Å². The summed E-state index contributed by atoms with van der Waals surface area (Å²) in [5.74, 6) is -0.0955. The summed E-state index contributed by atoms with van der Waals surface area (Å²) in [6.45, 7) is 1.43. The fourth-order valence-electron chi connectivity index (χ4n) is 1.83. The van der Waals surface area contributed by atoms with E-state index in [1.807, 2.05) is 0 Å². The SMILES string of the molecule is NC(c1ccc(F)c(Cl)c1)C1CCOC1. The molecular weight excluding hydrogens is 217 g/mol. The molecule has 0 amide bonds. The molecule has 82 valence electrons. The maximum absolute atomic E-state index is 12.9. The van der Waals surface area contributed by atoms with Gasteiger partial charge >= 0.3 is 0 Å². The molecule has 0 saturated carbocycles. The minimum atomic E-state index is -0.407. The van der Waals surface area contributed by atoms with E-state index in [-0.39, 0.29) is 11.1 Å². The largest absolute Gasteiger partial charge is 0.381 e. The quantitative estimate of drug-likeness (QED) is 0.846. The zero-order valence-corrected chi connectivity index (χ0v) is 9.01. The molecule has 1 aromatic rings. The molecule has 15 heavy (non-hydrogen) atoms. The molecule has 2 nitrogen and oxygen atoms in total. The third-order valence-electron chi connectivity index (χ3n) is 2.80. The zero-order chi connectivity index (χ0) is 10.8. The Kier molecular flexibility index (Phi) is 3.24. The first-order valence-corrected chi connectivity index (χ1v) is 5.34. The molecule has 0 aromatic heterocycles. The molecule has 0 radical (unpaired) electrons. The summed E-state index contributed by atoms with van der Waals surface area (Å²) in [5.41, 5.74) is 6.93. The average Bonchev–Trinajstić information content (AvgIpc) is 2.74. The molecular formula is C11H13ClFNO. The predicted octanol–water partition coefficient (Wildman–Crippen LogP) is 2.52. The number of halogens is 2. The Morgan fingerprint density at radius 3 is 2.93 bits per heavy atom. The Hall–Kier alpha value is -0.640. The predicted molar refractivity (Wildman–Crippen MR) is 57.3 cm³/mol. The first-order chi connectivity index (χ1) is 7.18. The van der Waals surface area contributed by atoms with Crippen LogP contribution in [0.15, 0.2) is 18.2 Å². The number of rotatable bonds is 2.